The number of rotatable bonds is 2. The molecule has 0 fully saturated rings. The lowest BCUT2D eigenvalue weighted by atomic mass is 9.78. The molecule has 0 amide bonds. The number of ketones is 1. The Morgan fingerprint density at radius 1 is 0.762 bits per heavy atom. The molecule has 0 aliphatic carbocycles. The van der Waals surface area contributed by atoms with Crippen LogP contribution >= 0.6 is 0 Å². The molecule has 0 heterocycles. The lowest BCUT2D eigenvalue weighted by Gasteiger charge is -2.26. The van der Waals surface area contributed by atoms with Gasteiger partial charge in [-0.2, -0.15) is 0 Å². The van der Waals surface area contributed by atoms with E-state index in [-0.39, 0.29) is 22.7 Å². The van der Waals surface area contributed by atoms with Crippen LogP contribution in [0.25, 0.3) is 0 Å². The highest BCUT2D eigenvalue weighted by Gasteiger charge is 2.22. The molecule has 0 spiro atoms. The fourth-order valence-electron chi connectivity index (χ4n) is 1.92. The van der Waals surface area contributed by atoms with E-state index < -0.39 is 0 Å². The molecule has 0 atom stereocenters. The van der Waals surface area contributed by atoms with Gasteiger partial charge in [0.05, 0.1) is 0 Å². The SMILES string of the molecule is CC(C)(c1ccc(O)cc1)c1ccc(O)cc1.CC(C)=O. The van der Waals surface area contributed by atoms with Gasteiger partial charge in [0.2, 0.25) is 0 Å². The molecule has 0 saturated carbocycles. The summed E-state index contributed by atoms with van der Waals surface area (Å²) in [4.78, 5) is 9.44. The summed E-state index contributed by atoms with van der Waals surface area (Å²) in [5, 5.41) is 18.6. The molecule has 0 aliphatic rings. The van der Waals surface area contributed by atoms with Crippen LogP contribution in [0.2, 0.25) is 0 Å². The van der Waals surface area contributed by atoms with Crippen molar-refractivity contribution in [1.82, 2.24) is 0 Å². The topological polar surface area (TPSA) is 57.5 Å². The number of hydrogen-bond donors (Lipinski definition) is 2. The average molecular weight is 286 g/mol. The predicted molar refractivity (Wildman–Crippen MR) is 84.7 cm³/mol. The Hall–Kier alpha value is -2.29. The molecular weight excluding hydrogens is 264 g/mol. The van der Waals surface area contributed by atoms with Crippen LogP contribution in [0.3, 0.4) is 0 Å². The molecule has 112 valence electrons. The Morgan fingerprint density at radius 3 is 1.24 bits per heavy atom. The van der Waals surface area contributed by atoms with E-state index in [0.717, 1.165) is 11.1 Å². The Balaban J connectivity index is 0.000000491. The van der Waals surface area contributed by atoms with Crippen molar-refractivity contribution < 1.29 is 15.0 Å². The largest absolute Gasteiger partial charge is 0.508 e. The summed E-state index contributed by atoms with van der Waals surface area (Å²) < 4.78 is 0. The number of phenols is 2. The second-order valence-electron chi connectivity index (χ2n) is 5.63. The maximum atomic E-state index is 9.44. The first-order valence-electron chi connectivity index (χ1n) is 6.79. The van der Waals surface area contributed by atoms with Crippen LogP contribution in [0, 0.1) is 0 Å². The van der Waals surface area contributed by atoms with E-state index in [0.29, 0.717) is 0 Å². The summed E-state index contributed by atoms with van der Waals surface area (Å²) in [6, 6.07) is 14.4. The van der Waals surface area contributed by atoms with Crippen molar-refractivity contribution in [3.05, 3.63) is 59.7 Å². The number of phenolic OH excluding ortho intramolecular Hbond substituents is 2. The highest BCUT2D eigenvalue weighted by molar-refractivity contribution is 5.72. The van der Waals surface area contributed by atoms with E-state index >= 15 is 0 Å². The van der Waals surface area contributed by atoms with Crippen molar-refractivity contribution in [2.45, 2.75) is 33.1 Å². The first kappa shape index (κ1) is 16.8. The molecule has 3 nitrogen and oxygen atoms in total. The van der Waals surface area contributed by atoms with Gasteiger partial charge in [0.1, 0.15) is 17.3 Å². The molecule has 0 aliphatic heterocycles. The third-order valence-corrected chi connectivity index (χ3v) is 3.18. The van der Waals surface area contributed by atoms with Crippen LogP contribution in [0.5, 0.6) is 11.5 Å². The summed E-state index contributed by atoms with van der Waals surface area (Å²) in [6.07, 6.45) is 0. The third-order valence-electron chi connectivity index (χ3n) is 3.18. The Kier molecular flexibility index (Phi) is 5.53. The fourth-order valence-corrected chi connectivity index (χ4v) is 1.92. The minimum atomic E-state index is -0.151. The number of aromatic hydroxyl groups is 2. The van der Waals surface area contributed by atoms with E-state index in [4.69, 9.17) is 0 Å². The maximum absolute atomic E-state index is 9.44. The second kappa shape index (κ2) is 6.93. The van der Waals surface area contributed by atoms with Crippen molar-refractivity contribution in [3.63, 3.8) is 0 Å². The van der Waals surface area contributed by atoms with Gasteiger partial charge in [-0.15, -0.1) is 0 Å². The zero-order chi connectivity index (χ0) is 16.0. The van der Waals surface area contributed by atoms with Gasteiger partial charge >= 0.3 is 0 Å². The summed E-state index contributed by atoms with van der Waals surface area (Å²) in [7, 11) is 0. The zero-order valence-electron chi connectivity index (χ0n) is 12.9. The summed E-state index contributed by atoms with van der Waals surface area (Å²) >= 11 is 0. The Morgan fingerprint density at radius 2 is 1.00 bits per heavy atom. The molecule has 2 N–H and O–H groups in total. The second-order valence-corrected chi connectivity index (χ2v) is 5.63. The molecule has 2 rings (SSSR count). The van der Waals surface area contributed by atoms with Crippen molar-refractivity contribution in [1.29, 1.82) is 0 Å². The van der Waals surface area contributed by atoms with Crippen LogP contribution in [0.1, 0.15) is 38.8 Å². The molecule has 3 heteroatoms. The molecule has 21 heavy (non-hydrogen) atoms. The summed E-state index contributed by atoms with van der Waals surface area (Å²) in [5.74, 6) is 0.713. The lowest BCUT2D eigenvalue weighted by molar-refractivity contribution is -0.114. The lowest BCUT2D eigenvalue weighted by Crippen LogP contribution is -2.18. The third kappa shape index (κ3) is 4.95. The Labute approximate surface area is 125 Å². The van der Waals surface area contributed by atoms with Gasteiger partial charge < -0.3 is 15.0 Å². The van der Waals surface area contributed by atoms with Gasteiger partial charge in [-0.1, -0.05) is 38.1 Å². The van der Waals surface area contributed by atoms with E-state index in [1.807, 2.05) is 24.3 Å². The number of benzene rings is 2. The molecule has 0 radical (unpaired) electrons. The van der Waals surface area contributed by atoms with Gasteiger partial charge in [-0.05, 0) is 49.2 Å². The quantitative estimate of drug-likeness (QED) is 0.876. The van der Waals surface area contributed by atoms with Crippen LogP contribution in [0.15, 0.2) is 48.5 Å². The molecule has 0 saturated heterocycles. The van der Waals surface area contributed by atoms with Crippen LogP contribution in [-0.4, -0.2) is 16.0 Å². The van der Waals surface area contributed by atoms with Crippen LogP contribution < -0.4 is 0 Å². The van der Waals surface area contributed by atoms with Gasteiger partial charge in [0.25, 0.3) is 0 Å². The first-order valence-corrected chi connectivity index (χ1v) is 6.79. The summed E-state index contributed by atoms with van der Waals surface area (Å²) in [5.41, 5.74) is 2.10. The van der Waals surface area contributed by atoms with Gasteiger partial charge in [0.15, 0.2) is 0 Å². The normalized spacial score (nSPS) is 10.5. The molecule has 0 unspecified atom stereocenters. The molecule has 0 aromatic heterocycles. The molecule has 2 aromatic carbocycles. The predicted octanol–water partition coefficient (Wildman–Crippen LogP) is 4.02. The highest BCUT2D eigenvalue weighted by Crippen LogP contribution is 2.32. The number of hydrogen-bond acceptors (Lipinski definition) is 3. The maximum Gasteiger partial charge on any atom is 0.126 e. The minimum absolute atomic E-state index is 0.151. The number of carbonyl (C=O) groups excluding carboxylic acids is 1. The van der Waals surface area contributed by atoms with E-state index in [1.165, 1.54) is 13.8 Å². The van der Waals surface area contributed by atoms with E-state index in [2.05, 4.69) is 13.8 Å². The standard InChI is InChI=1S/C15H16O2.C3H6O/c1-15(2,11-3-7-13(16)8-4-11)12-5-9-14(17)10-6-12;1-3(2)4/h3-10,16-17H,1-2H3;1-2H3. The molecular formula is C18H22O3. The van der Waals surface area contributed by atoms with Gasteiger partial charge in [-0.25, -0.2) is 0 Å². The van der Waals surface area contributed by atoms with Gasteiger partial charge in [0, 0.05) is 5.41 Å². The highest BCUT2D eigenvalue weighted by atomic mass is 16.3. The minimum Gasteiger partial charge on any atom is -0.508 e. The number of carbonyl (C=O) groups is 1. The average Bonchev–Trinajstić information content (AvgIpc) is 2.39. The zero-order valence-corrected chi connectivity index (χ0v) is 12.9. The van der Waals surface area contributed by atoms with Crippen molar-refractivity contribution in [2.24, 2.45) is 0 Å². The first-order chi connectivity index (χ1) is 9.73. The van der Waals surface area contributed by atoms with E-state index in [9.17, 15) is 15.0 Å². The Bertz CT molecular complexity index is 529. The molecule has 2 aromatic rings. The molecule has 0 bridgehead atoms. The van der Waals surface area contributed by atoms with Gasteiger partial charge in [-0.3, -0.25) is 0 Å². The van der Waals surface area contributed by atoms with E-state index in [1.54, 1.807) is 24.3 Å². The van der Waals surface area contributed by atoms with Crippen molar-refractivity contribution in [2.75, 3.05) is 0 Å². The summed E-state index contributed by atoms with van der Waals surface area (Å²) in [6.45, 7) is 7.29. The number of Topliss-reactive ketones (excluding diaryl/α,β-unsaturated/α-hetero) is 1. The van der Waals surface area contributed by atoms with Crippen LogP contribution in [-0.2, 0) is 10.2 Å². The van der Waals surface area contributed by atoms with Crippen molar-refractivity contribution in [3.8, 4) is 11.5 Å². The fraction of sp³-hybridized carbons (Fsp3) is 0.278. The smallest absolute Gasteiger partial charge is 0.126 e. The monoisotopic (exact) mass is 286 g/mol. The van der Waals surface area contributed by atoms with Crippen molar-refractivity contribution >= 4 is 5.78 Å². The van der Waals surface area contributed by atoms with Crippen LogP contribution in [0.4, 0.5) is 0 Å².